The Morgan fingerprint density at radius 1 is 1.52 bits per heavy atom. The number of hydrogen-bond acceptors (Lipinski definition) is 4. The molecule has 0 radical (unpaired) electrons. The van der Waals surface area contributed by atoms with Crippen molar-refractivity contribution < 1.29 is 9.53 Å². The highest BCUT2D eigenvalue weighted by molar-refractivity contribution is 5.90. The number of nitrogens with one attached hydrogen (secondary N) is 1. The largest absolute Gasteiger partial charge is 0.376 e. The molecular formula is C15H24N4O2. The number of amides is 1. The van der Waals surface area contributed by atoms with E-state index in [1.54, 1.807) is 6.20 Å². The third kappa shape index (κ3) is 3.44. The zero-order valence-electron chi connectivity index (χ0n) is 12.4. The molecule has 2 heterocycles. The van der Waals surface area contributed by atoms with Crippen molar-refractivity contribution in [2.45, 2.75) is 51.2 Å². The van der Waals surface area contributed by atoms with Crippen molar-refractivity contribution >= 4 is 11.6 Å². The van der Waals surface area contributed by atoms with Crippen molar-refractivity contribution in [3.8, 4) is 0 Å². The van der Waals surface area contributed by atoms with Crippen LogP contribution in [0.4, 0.5) is 5.69 Å². The second-order valence-corrected chi connectivity index (χ2v) is 6.37. The number of nitrogens with zero attached hydrogens (tertiary/aromatic N) is 2. The molecule has 116 valence electrons. The molecule has 0 bridgehead atoms. The monoisotopic (exact) mass is 292 g/mol. The summed E-state index contributed by atoms with van der Waals surface area (Å²) in [5.74, 6) is 0.0387. The van der Waals surface area contributed by atoms with Gasteiger partial charge in [0.15, 0.2) is 0 Å². The smallest absolute Gasteiger partial charge is 0.225 e. The zero-order valence-corrected chi connectivity index (χ0v) is 12.4. The molecule has 0 aromatic carbocycles. The lowest BCUT2D eigenvalue weighted by molar-refractivity contribution is -0.119. The van der Waals surface area contributed by atoms with Crippen LogP contribution in [-0.4, -0.2) is 34.9 Å². The third-order valence-corrected chi connectivity index (χ3v) is 4.71. The molecular weight excluding hydrogens is 268 g/mol. The predicted octanol–water partition coefficient (Wildman–Crippen LogP) is 1.52. The Bertz CT molecular complexity index is 484. The van der Waals surface area contributed by atoms with Gasteiger partial charge in [-0.25, -0.2) is 0 Å². The van der Waals surface area contributed by atoms with Gasteiger partial charge in [0.05, 0.1) is 24.5 Å². The molecule has 2 fully saturated rings. The van der Waals surface area contributed by atoms with E-state index in [9.17, 15) is 4.79 Å². The average Bonchev–Trinajstić information content (AvgIpc) is 3.07. The highest BCUT2D eigenvalue weighted by Gasteiger charge is 2.37. The number of nitrogens with two attached hydrogens (primary N) is 1. The van der Waals surface area contributed by atoms with Crippen LogP contribution in [0.2, 0.25) is 0 Å². The summed E-state index contributed by atoms with van der Waals surface area (Å²) in [6.07, 6.45) is 9.85. The Morgan fingerprint density at radius 2 is 2.38 bits per heavy atom. The van der Waals surface area contributed by atoms with Gasteiger partial charge in [-0.15, -0.1) is 0 Å². The number of ether oxygens (including phenoxy) is 1. The first kappa shape index (κ1) is 14.5. The molecule has 1 aromatic heterocycles. The van der Waals surface area contributed by atoms with E-state index in [0.29, 0.717) is 13.0 Å². The van der Waals surface area contributed by atoms with Crippen LogP contribution in [0.5, 0.6) is 0 Å². The van der Waals surface area contributed by atoms with E-state index in [1.807, 2.05) is 10.9 Å². The molecule has 3 N–H and O–H groups in total. The summed E-state index contributed by atoms with van der Waals surface area (Å²) >= 11 is 0. The first-order chi connectivity index (χ1) is 10.2. The molecule has 3 rings (SSSR count). The molecule has 2 aliphatic rings. The lowest BCUT2D eigenvalue weighted by Crippen LogP contribution is -2.40. The molecule has 0 spiro atoms. The summed E-state index contributed by atoms with van der Waals surface area (Å²) in [6.45, 7) is 2.19. The maximum absolute atomic E-state index is 12.1. The van der Waals surface area contributed by atoms with Crippen molar-refractivity contribution in [3.63, 3.8) is 0 Å². The summed E-state index contributed by atoms with van der Waals surface area (Å²) in [6, 6.07) is 0. The van der Waals surface area contributed by atoms with Crippen molar-refractivity contribution in [2.75, 3.05) is 18.5 Å². The second kappa shape index (κ2) is 6.15. The standard InChI is InChI=1S/C15H24N4O2/c16-11-15(4-2-5-15)7-14(20)18-12-8-17-19(9-12)10-13-3-1-6-21-13/h8-9,13H,1-7,10-11,16H2,(H,18,20). The quantitative estimate of drug-likeness (QED) is 0.833. The van der Waals surface area contributed by atoms with E-state index in [2.05, 4.69) is 10.4 Å². The minimum absolute atomic E-state index is 0.0387. The van der Waals surface area contributed by atoms with Gasteiger partial charge in [0.1, 0.15) is 0 Å². The number of hydrogen-bond donors (Lipinski definition) is 2. The SMILES string of the molecule is NCC1(CC(=O)Nc2cnn(CC3CCCO3)c2)CCC1. The molecule has 1 aliphatic heterocycles. The number of carbonyl (C=O) groups excluding carboxylic acids is 1. The van der Waals surface area contributed by atoms with Crippen LogP contribution in [0.3, 0.4) is 0 Å². The molecule has 1 atom stereocenters. The van der Waals surface area contributed by atoms with E-state index < -0.39 is 0 Å². The Labute approximate surface area is 125 Å². The number of rotatable bonds is 6. The van der Waals surface area contributed by atoms with Crippen molar-refractivity contribution in [1.29, 1.82) is 0 Å². The van der Waals surface area contributed by atoms with Gasteiger partial charge in [-0.1, -0.05) is 6.42 Å². The highest BCUT2D eigenvalue weighted by Crippen LogP contribution is 2.43. The Hall–Kier alpha value is -1.40. The molecule has 1 aliphatic carbocycles. The molecule has 1 unspecified atom stereocenters. The van der Waals surface area contributed by atoms with Gasteiger partial charge in [-0.2, -0.15) is 5.10 Å². The Kier molecular flexibility index (Phi) is 4.26. The highest BCUT2D eigenvalue weighted by atomic mass is 16.5. The van der Waals surface area contributed by atoms with Gasteiger partial charge in [0.25, 0.3) is 0 Å². The van der Waals surface area contributed by atoms with Gasteiger partial charge >= 0.3 is 0 Å². The fourth-order valence-electron chi connectivity index (χ4n) is 3.20. The summed E-state index contributed by atoms with van der Waals surface area (Å²) in [4.78, 5) is 12.1. The number of carbonyl (C=O) groups is 1. The maximum atomic E-state index is 12.1. The van der Waals surface area contributed by atoms with Crippen LogP contribution >= 0.6 is 0 Å². The molecule has 6 heteroatoms. The van der Waals surface area contributed by atoms with E-state index in [4.69, 9.17) is 10.5 Å². The Morgan fingerprint density at radius 3 is 3.00 bits per heavy atom. The van der Waals surface area contributed by atoms with Gasteiger partial charge in [0, 0.05) is 19.2 Å². The molecule has 21 heavy (non-hydrogen) atoms. The van der Waals surface area contributed by atoms with Crippen molar-refractivity contribution in [1.82, 2.24) is 9.78 Å². The second-order valence-electron chi connectivity index (χ2n) is 6.37. The van der Waals surface area contributed by atoms with Gasteiger partial charge < -0.3 is 15.8 Å². The zero-order chi connectivity index (χ0) is 14.7. The normalized spacial score (nSPS) is 23.8. The van der Waals surface area contributed by atoms with Crippen LogP contribution in [0.1, 0.15) is 38.5 Å². The molecule has 1 saturated heterocycles. The van der Waals surface area contributed by atoms with E-state index in [1.165, 1.54) is 6.42 Å². The van der Waals surface area contributed by atoms with E-state index in [0.717, 1.165) is 44.5 Å². The van der Waals surface area contributed by atoms with Crippen molar-refractivity contribution in [2.24, 2.45) is 11.1 Å². The van der Waals surface area contributed by atoms with Crippen LogP contribution in [0, 0.1) is 5.41 Å². The fraction of sp³-hybridized carbons (Fsp3) is 0.733. The summed E-state index contributed by atoms with van der Waals surface area (Å²) < 4.78 is 7.43. The third-order valence-electron chi connectivity index (χ3n) is 4.71. The van der Waals surface area contributed by atoms with Crippen molar-refractivity contribution in [3.05, 3.63) is 12.4 Å². The first-order valence-corrected chi connectivity index (χ1v) is 7.83. The fourth-order valence-corrected chi connectivity index (χ4v) is 3.20. The topological polar surface area (TPSA) is 82.2 Å². The molecule has 1 saturated carbocycles. The van der Waals surface area contributed by atoms with Gasteiger partial charge in [0.2, 0.25) is 5.91 Å². The Balaban J connectivity index is 1.50. The van der Waals surface area contributed by atoms with Gasteiger partial charge in [-0.3, -0.25) is 9.48 Å². The van der Waals surface area contributed by atoms with Crippen LogP contribution < -0.4 is 11.1 Å². The van der Waals surface area contributed by atoms with E-state index in [-0.39, 0.29) is 17.4 Å². The average molecular weight is 292 g/mol. The minimum atomic E-state index is 0.0387. The predicted molar refractivity (Wildman–Crippen MR) is 79.8 cm³/mol. The number of aromatic nitrogens is 2. The van der Waals surface area contributed by atoms with Crippen LogP contribution in [0.15, 0.2) is 12.4 Å². The van der Waals surface area contributed by atoms with Crippen LogP contribution in [-0.2, 0) is 16.1 Å². The molecule has 1 amide bonds. The van der Waals surface area contributed by atoms with Gasteiger partial charge in [-0.05, 0) is 37.6 Å². The summed E-state index contributed by atoms with van der Waals surface area (Å²) in [7, 11) is 0. The summed E-state index contributed by atoms with van der Waals surface area (Å²) in [5, 5.41) is 7.21. The molecule has 1 aromatic rings. The first-order valence-electron chi connectivity index (χ1n) is 7.83. The number of anilines is 1. The summed E-state index contributed by atoms with van der Waals surface area (Å²) in [5.41, 5.74) is 6.59. The minimum Gasteiger partial charge on any atom is -0.376 e. The lowest BCUT2D eigenvalue weighted by atomic mass is 9.66. The maximum Gasteiger partial charge on any atom is 0.225 e. The lowest BCUT2D eigenvalue weighted by Gasteiger charge is -2.40. The van der Waals surface area contributed by atoms with E-state index >= 15 is 0 Å². The van der Waals surface area contributed by atoms with Crippen LogP contribution in [0.25, 0.3) is 0 Å². The molecule has 6 nitrogen and oxygen atoms in total.